The summed E-state index contributed by atoms with van der Waals surface area (Å²) in [4.78, 5) is 6.99. The summed E-state index contributed by atoms with van der Waals surface area (Å²) < 4.78 is 2.58. The molecular weight excluding hydrogens is 316 g/mol. The number of hydrogen-bond acceptors (Lipinski definition) is 3. The van der Waals surface area contributed by atoms with Crippen LogP contribution < -0.4 is 0 Å². The average molecular weight is 336 g/mol. The fourth-order valence-electron chi connectivity index (χ4n) is 3.41. The summed E-state index contributed by atoms with van der Waals surface area (Å²) >= 11 is 5.46. The van der Waals surface area contributed by atoms with E-state index in [-0.39, 0.29) is 0 Å². The molecule has 1 aliphatic rings. The zero-order valence-corrected chi connectivity index (χ0v) is 14.2. The van der Waals surface area contributed by atoms with E-state index in [9.17, 15) is 0 Å². The first-order chi connectivity index (χ1) is 11.8. The van der Waals surface area contributed by atoms with E-state index in [4.69, 9.17) is 12.2 Å². The molecule has 0 saturated carbocycles. The van der Waals surface area contributed by atoms with Gasteiger partial charge in [0.25, 0.3) is 0 Å². The van der Waals surface area contributed by atoms with Gasteiger partial charge in [-0.2, -0.15) is 4.98 Å². The number of hydrogen-bond donors (Lipinski definition) is 1. The first-order valence-corrected chi connectivity index (χ1v) is 8.73. The Balaban J connectivity index is 1.57. The molecule has 1 atom stereocenters. The Labute approximate surface area is 146 Å². The lowest BCUT2D eigenvalue weighted by atomic mass is 10.1. The van der Waals surface area contributed by atoms with Crippen molar-refractivity contribution in [3.63, 3.8) is 0 Å². The molecule has 0 aliphatic carbocycles. The van der Waals surface area contributed by atoms with Gasteiger partial charge in [-0.3, -0.25) is 10.00 Å². The zero-order valence-electron chi connectivity index (χ0n) is 13.4. The van der Waals surface area contributed by atoms with E-state index >= 15 is 0 Å². The van der Waals surface area contributed by atoms with Crippen LogP contribution in [-0.4, -0.2) is 26.2 Å². The highest BCUT2D eigenvalue weighted by atomic mass is 32.1. The van der Waals surface area contributed by atoms with Crippen LogP contribution in [0.5, 0.6) is 0 Å². The number of aromatic amines is 1. The summed E-state index contributed by atoms with van der Waals surface area (Å²) in [5, 5.41) is 3.36. The van der Waals surface area contributed by atoms with E-state index in [1.807, 2.05) is 35.0 Å². The molecular formula is C19H20N4S. The third-order valence-electron chi connectivity index (χ3n) is 4.60. The highest BCUT2D eigenvalue weighted by Gasteiger charge is 2.26. The Kier molecular flexibility index (Phi) is 4.28. The van der Waals surface area contributed by atoms with Gasteiger partial charge < -0.3 is 0 Å². The van der Waals surface area contributed by atoms with Crippen molar-refractivity contribution in [1.29, 1.82) is 0 Å². The van der Waals surface area contributed by atoms with Crippen LogP contribution in [0, 0.1) is 4.77 Å². The molecule has 24 heavy (non-hydrogen) atoms. The summed E-state index contributed by atoms with van der Waals surface area (Å²) in [5.74, 6) is 0.830. The van der Waals surface area contributed by atoms with Gasteiger partial charge in [0.1, 0.15) is 0 Å². The predicted octanol–water partition coefficient (Wildman–Crippen LogP) is 4.40. The molecule has 0 bridgehead atoms. The lowest BCUT2D eigenvalue weighted by Gasteiger charge is -2.24. The molecule has 0 unspecified atom stereocenters. The van der Waals surface area contributed by atoms with E-state index in [0.29, 0.717) is 10.8 Å². The van der Waals surface area contributed by atoms with Gasteiger partial charge >= 0.3 is 0 Å². The molecule has 122 valence electrons. The summed E-state index contributed by atoms with van der Waals surface area (Å²) in [6.07, 6.45) is 2.41. The summed E-state index contributed by atoms with van der Waals surface area (Å²) in [6.45, 7) is 1.83. The second kappa shape index (κ2) is 6.71. The minimum atomic E-state index is 0.455. The molecule has 1 aliphatic heterocycles. The van der Waals surface area contributed by atoms with Crippen LogP contribution >= 0.6 is 12.2 Å². The number of rotatable bonds is 4. The number of H-pyrrole nitrogens is 1. The average Bonchev–Trinajstić information content (AvgIpc) is 3.24. The molecule has 4 nitrogen and oxygen atoms in total. The van der Waals surface area contributed by atoms with Crippen molar-refractivity contribution in [2.75, 3.05) is 6.54 Å². The first kappa shape index (κ1) is 15.3. The smallest absolute Gasteiger partial charge is 0.217 e. The monoisotopic (exact) mass is 336 g/mol. The highest BCUT2D eigenvalue weighted by molar-refractivity contribution is 7.71. The fourth-order valence-corrected chi connectivity index (χ4v) is 3.60. The third-order valence-corrected chi connectivity index (χ3v) is 4.91. The highest BCUT2D eigenvalue weighted by Crippen LogP contribution is 2.32. The first-order valence-electron chi connectivity index (χ1n) is 8.32. The molecule has 5 heteroatoms. The topological polar surface area (TPSA) is 36.9 Å². The van der Waals surface area contributed by atoms with Gasteiger partial charge in [0.15, 0.2) is 5.82 Å². The van der Waals surface area contributed by atoms with Gasteiger partial charge in [0.05, 0.1) is 6.67 Å². The zero-order chi connectivity index (χ0) is 16.4. The van der Waals surface area contributed by atoms with E-state index < -0.39 is 0 Å². The third kappa shape index (κ3) is 3.05. The Morgan fingerprint density at radius 2 is 1.75 bits per heavy atom. The standard InChI is InChI=1S/C19H20N4S/c24-19-20-18(16-10-5-2-6-11-16)21-23(19)14-22-13-7-12-17(22)15-8-3-1-4-9-15/h1-6,8-11,17H,7,12-14H2,(H,20,21,24)/t17-/m1/s1. The molecule has 4 rings (SSSR count). The van der Waals surface area contributed by atoms with E-state index in [1.54, 1.807) is 0 Å². The number of nitrogens with zero attached hydrogens (tertiary/aromatic N) is 3. The predicted molar refractivity (Wildman–Crippen MR) is 98.0 cm³/mol. The van der Waals surface area contributed by atoms with E-state index in [2.05, 4.69) is 45.3 Å². The molecule has 2 aromatic carbocycles. The fraction of sp³-hybridized carbons (Fsp3) is 0.263. The molecule has 0 spiro atoms. The molecule has 0 radical (unpaired) electrons. The lowest BCUT2D eigenvalue weighted by Crippen LogP contribution is -2.26. The number of aromatic nitrogens is 3. The second-order valence-corrected chi connectivity index (χ2v) is 6.54. The van der Waals surface area contributed by atoms with Gasteiger partial charge in [0, 0.05) is 18.2 Å². The lowest BCUT2D eigenvalue weighted by molar-refractivity contribution is 0.190. The van der Waals surface area contributed by atoms with Crippen LogP contribution in [0.1, 0.15) is 24.4 Å². The Morgan fingerprint density at radius 1 is 1.04 bits per heavy atom. The Hall–Kier alpha value is -2.24. The minimum Gasteiger partial charge on any atom is -0.278 e. The normalized spacial score (nSPS) is 18.1. The van der Waals surface area contributed by atoms with Crippen LogP contribution in [0.2, 0.25) is 0 Å². The van der Waals surface area contributed by atoms with Crippen LogP contribution in [0.4, 0.5) is 0 Å². The van der Waals surface area contributed by atoms with Gasteiger partial charge in [-0.25, -0.2) is 4.68 Å². The maximum absolute atomic E-state index is 5.46. The number of likely N-dealkylation sites (tertiary alicyclic amines) is 1. The second-order valence-electron chi connectivity index (χ2n) is 6.17. The van der Waals surface area contributed by atoms with Crippen LogP contribution in [0.15, 0.2) is 60.7 Å². The Morgan fingerprint density at radius 3 is 2.50 bits per heavy atom. The largest absolute Gasteiger partial charge is 0.278 e. The molecule has 1 N–H and O–H groups in total. The molecule has 3 aromatic rings. The van der Waals surface area contributed by atoms with Gasteiger partial charge in [-0.1, -0.05) is 60.7 Å². The maximum Gasteiger partial charge on any atom is 0.217 e. The summed E-state index contributed by atoms with van der Waals surface area (Å²) in [6, 6.07) is 21.3. The molecule has 1 fully saturated rings. The van der Waals surface area contributed by atoms with Crippen molar-refractivity contribution in [3.05, 3.63) is 71.0 Å². The van der Waals surface area contributed by atoms with Crippen molar-refractivity contribution in [2.24, 2.45) is 0 Å². The number of benzene rings is 2. The van der Waals surface area contributed by atoms with Gasteiger partial charge in [-0.15, -0.1) is 0 Å². The molecule has 0 amide bonds. The van der Waals surface area contributed by atoms with Gasteiger partial charge in [-0.05, 0) is 30.6 Å². The Bertz CT molecular complexity index is 854. The van der Waals surface area contributed by atoms with Crippen LogP contribution in [0.3, 0.4) is 0 Å². The molecule has 2 heterocycles. The molecule has 1 saturated heterocycles. The van der Waals surface area contributed by atoms with Crippen molar-refractivity contribution in [2.45, 2.75) is 25.6 Å². The number of nitrogens with one attached hydrogen (secondary N) is 1. The van der Waals surface area contributed by atoms with Crippen molar-refractivity contribution < 1.29 is 0 Å². The maximum atomic E-state index is 5.46. The van der Waals surface area contributed by atoms with Crippen molar-refractivity contribution in [3.8, 4) is 11.4 Å². The quantitative estimate of drug-likeness (QED) is 0.717. The van der Waals surface area contributed by atoms with Crippen molar-refractivity contribution >= 4 is 12.2 Å². The van der Waals surface area contributed by atoms with Crippen molar-refractivity contribution in [1.82, 2.24) is 19.7 Å². The summed E-state index contributed by atoms with van der Waals surface area (Å²) in [5.41, 5.74) is 2.44. The SMILES string of the molecule is S=c1nc(-c2ccccc2)[nH]n1CN1CCC[C@@H]1c1ccccc1. The van der Waals surface area contributed by atoms with Crippen LogP contribution in [-0.2, 0) is 6.67 Å². The van der Waals surface area contributed by atoms with Crippen LogP contribution in [0.25, 0.3) is 11.4 Å². The summed E-state index contributed by atoms with van der Waals surface area (Å²) in [7, 11) is 0. The van der Waals surface area contributed by atoms with E-state index in [1.165, 1.54) is 18.4 Å². The van der Waals surface area contributed by atoms with E-state index in [0.717, 1.165) is 24.6 Å². The van der Waals surface area contributed by atoms with Gasteiger partial charge in [0.2, 0.25) is 4.77 Å². The molecule has 1 aromatic heterocycles. The minimum absolute atomic E-state index is 0.455.